The van der Waals surface area contributed by atoms with Gasteiger partial charge in [-0.15, -0.1) is 6.58 Å². The van der Waals surface area contributed by atoms with E-state index in [0.29, 0.717) is 17.1 Å². The minimum Gasteiger partial charge on any atom is -0.324 e. The largest absolute Gasteiger partial charge is 0.324 e. The van der Waals surface area contributed by atoms with E-state index >= 15 is 0 Å². The summed E-state index contributed by atoms with van der Waals surface area (Å²) in [7, 11) is 0. The van der Waals surface area contributed by atoms with Crippen molar-refractivity contribution in [3.63, 3.8) is 0 Å². The Morgan fingerprint density at radius 3 is 2.94 bits per heavy atom. The normalized spacial score (nSPS) is 11.9. The molecular formula is C11H12BrClN2O. The van der Waals surface area contributed by atoms with Crippen LogP contribution in [0, 0.1) is 0 Å². The predicted molar refractivity (Wildman–Crippen MR) is 70.6 cm³/mol. The van der Waals surface area contributed by atoms with Crippen LogP contribution in [0.25, 0.3) is 0 Å². The fourth-order valence-corrected chi connectivity index (χ4v) is 1.88. The molecule has 0 saturated heterocycles. The lowest BCUT2D eigenvalue weighted by Gasteiger charge is -2.11. The maximum absolute atomic E-state index is 11.6. The lowest BCUT2D eigenvalue weighted by Crippen LogP contribution is -2.35. The van der Waals surface area contributed by atoms with Crippen LogP contribution in [0.4, 0.5) is 5.69 Å². The van der Waals surface area contributed by atoms with Gasteiger partial charge in [0.1, 0.15) is 0 Å². The molecular weight excluding hydrogens is 291 g/mol. The summed E-state index contributed by atoms with van der Waals surface area (Å²) in [6, 6.07) is 4.53. The molecule has 3 N–H and O–H groups in total. The smallest absolute Gasteiger partial charge is 0.241 e. The molecule has 0 bridgehead atoms. The molecule has 1 aromatic rings. The summed E-state index contributed by atoms with van der Waals surface area (Å²) in [4.78, 5) is 11.6. The molecule has 0 aliphatic rings. The van der Waals surface area contributed by atoms with Crippen molar-refractivity contribution in [3.05, 3.63) is 40.3 Å². The molecule has 0 aromatic heterocycles. The van der Waals surface area contributed by atoms with Crippen molar-refractivity contribution in [3.8, 4) is 0 Å². The van der Waals surface area contributed by atoms with Crippen LogP contribution in [0.2, 0.25) is 5.02 Å². The molecule has 0 heterocycles. The van der Waals surface area contributed by atoms with Crippen molar-refractivity contribution in [1.82, 2.24) is 0 Å². The second-order valence-corrected chi connectivity index (χ2v) is 4.54. The number of nitrogens with two attached hydrogens (primary N) is 1. The maximum Gasteiger partial charge on any atom is 0.241 e. The average Bonchev–Trinajstić information content (AvgIpc) is 2.22. The summed E-state index contributed by atoms with van der Waals surface area (Å²) < 4.78 is 0.721. The predicted octanol–water partition coefficient (Wildman–Crippen LogP) is 2.94. The highest BCUT2D eigenvalue weighted by atomic mass is 79.9. The first kappa shape index (κ1) is 13.2. The summed E-state index contributed by atoms with van der Waals surface area (Å²) in [6.45, 7) is 3.53. The van der Waals surface area contributed by atoms with Gasteiger partial charge in [-0.05, 0) is 40.5 Å². The Labute approximate surface area is 108 Å². The Balaban J connectivity index is 2.73. The molecule has 1 amide bonds. The SMILES string of the molecule is C=CCC(N)C(=O)Nc1ccc(Cl)cc1Br. The van der Waals surface area contributed by atoms with Crippen molar-refractivity contribution < 1.29 is 4.79 Å². The maximum atomic E-state index is 11.6. The second kappa shape index (κ2) is 6.03. The highest BCUT2D eigenvalue weighted by Gasteiger charge is 2.12. The van der Waals surface area contributed by atoms with Gasteiger partial charge in [0.05, 0.1) is 11.7 Å². The van der Waals surface area contributed by atoms with Gasteiger partial charge in [0, 0.05) is 9.50 Å². The zero-order chi connectivity index (χ0) is 12.1. The quantitative estimate of drug-likeness (QED) is 0.840. The van der Waals surface area contributed by atoms with E-state index in [-0.39, 0.29) is 5.91 Å². The molecule has 16 heavy (non-hydrogen) atoms. The van der Waals surface area contributed by atoms with Gasteiger partial charge in [-0.2, -0.15) is 0 Å². The van der Waals surface area contributed by atoms with Crippen LogP contribution in [0.5, 0.6) is 0 Å². The Kier molecular flexibility index (Phi) is 4.99. The van der Waals surface area contributed by atoms with Crippen LogP contribution in [0.3, 0.4) is 0 Å². The summed E-state index contributed by atoms with van der Waals surface area (Å²) in [5, 5.41) is 3.30. The highest BCUT2D eigenvalue weighted by molar-refractivity contribution is 9.10. The number of carbonyl (C=O) groups is 1. The first-order valence-corrected chi connectivity index (χ1v) is 5.84. The molecule has 1 atom stereocenters. The van der Waals surface area contributed by atoms with E-state index in [9.17, 15) is 4.79 Å². The zero-order valence-corrected chi connectivity index (χ0v) is 10.9. The zero-order valence-electron chi connectivity index (χ0n) is 8.54. The number of hydrogen-bond acceptors (Lipinski definition) is 2. The van der Waals surface area contributed by atoms with Crippen LogP contribution in [-0.2, 0) is 4.79 Å². The average molecular weight is 304 g/mol. The van der Waals surface area contributed by atoms with Crippen molar-refractivity contribution in [2.75, 3.05) is 5.32 Å². The summed E-state index contributed by atoms with van der Waals surface area (Å²) in [5.74, 6) is -0.247. The molecule has 1 unspecified atom stereocenters. The fraction of sp³-hybridized carbons (Fsp3) is 0.182. The molecule has 86 valence electrons. The van der Waals surface area contributed by atoms with Gasteiger partial charge in [-0.3, -0.25) is 4.79 Å². The summed E-state index contributed by atoms with van der Waals surface area (Å²) in [6.07, 6.45) is 2.05. The van der Waals surface area contributed by atoms with Crippen LogP contribution >= 0.6 is 27.5 Å². The molecule has 0 spiro atoms. The Morgan fingerprint density at radius 2 is 2.38 bits per heavy atom. The topological polar surface area (TPSA) is 55.1 Å². The van der Waals surface area contributed by atoms with Gasteiger partial charge >= 0.3 is 0 Å². The van der Waals surface area contributed by atoms with Crippen molar-refractivity contribution >= 4 is 39.1 Å². The van der Waals surface area contributed by atoms with Crippen molar-refractivity contribution in [1.29, 1.82) is 0 Å². The van der Waals surface area contributed by atoms with E-state index in [0.717, 1.165) is 4.47 Å². The molecule has 5 heteroatoms. The van der Waals surface area contributed by atoms with Crippen molar-refractivity contribution in [2.45, 2.75) is 12.5 Å². The lowest BCUT2D eigenvalue weighted by molar-refractivity contribution is -0.117. The van der Waals surface area contributed by atoms with Gasteiger partial charge in [-0.1, -0.05) is 17.7 Å². The molecule has 1 rings (SSSR count). The number of nitrogens with one attached hydrogen (secondary N) is 1. The van der Waals surface area contributed by atoms with Gasteiger partial charge < -0.3 is 11.1 Å². The van der Waals surface area contributed by atoms with E-state index < -0.39 is 6.04 Å². The van der Waals surface area contributed by atoms with Gasteiger partial charge in [0.15, 0.2) is 0 Å². The second-order valence-electron chi connectivity index (χ2n) is 3.24. The van der Waals surface area contributed by atoms with Gasteiger partial charge in [0.25, 0.3) is 0 Å². The molecule has 1 aromatic carbocycles. The van der Waals surface area contributed by atoms with E-state index in [1.165, 1.54) is 0 Å². The minimum absolute atomic E-state index is 0.247. The molecule has 0 fully saturated rings. The van der Waals surface area contributed by atoms with E-state index in [4.69, 9.17) is 17.3 Å². The Morgan fingerprint density at radius 1 is 1.69 bits per heavy atom. The minimum atomic E-state index is -0.583. The fourth-order valence-electron chi connectivity index (χ4n) is 1.10. The summed E-state index contributed by atoms with van der Waals surface area (Å²) in [5.41, 5.74) is 6.28. The number of anilines is 1. The number of rotatable bonds is 4. The number of halogens is 2. The molecule has 0 aliphatic carbocycles. The Bertz CT molecular complexity index is 409. The molecule has 3 nitrogen and oxygen atoms in total. The van der Waals surface area contributed by atoms with Gasteiger partial charge in [0.2, 0.25) is 5.91 Å². The standard InChI is InChI=1S/C11H12BrClN2O/c1-2-3-9(14)11(16)15-10-5-4-7(13)6-8(10)12/h2,4-6,9H,1,3,14H2,(H,15,16). The molecule has 0 aliphatic heterocycles. The van der Waals surface area contributed by atoms with Crippen molar-refractivity contribution in [2.24, 2.45) is 5.73 Å². The number of hydrogen-bond donors (Lipinski definition) is 2. The lowest BCUT2D eigenvalue weighted by atomic mass is 10.2. The molecule has 0 saturated carbocycles. The number of amides is 1. The first-order valence-electron chi connectivity index (χ1n) is 4.67. The van der Waals surface area contributed by atoms with E-state index in [1.807, 2.05) is 0 Å². The summed E-state index contributed by atoms with van der Waals surface area (Å²) >= 11 is 9.09. The van der Waals surface area contributed by atoms with Crippen LogP contribution in [0.1, 0.15) is 6.42 Å². The third kappa shape index (κ3) is 3.63. The third-order valence-electron chi connectivity index (χ3n) is 1.95. The Hall–Kier alpha value is -0.840. The van der Waals surface area contributed by atoms with Gasteiger partial charge in [-0.25, -0.2) is 0 Å². The monoisotopic (exact) mass is 302 g/mol. The third-order valence-corrected chi connectivity index (χ3v) is 2.84. The van der Waals surface area contributed by atoms with Crippen LogP contribution in [0.15, 0.2) is 35.3 Å². The van der Waals surface area contributed by atoms with Crippen LogP contribution < -0.4 is 11.1 Å². The molecule has 0 radical (unpaired) electrons. The van der Waals surface area contributed by atoms with E-state index in [2.05, 4.69) is 27.8 Å². The number of carbonyl (C=O) groups excluding carboxylic acids is 1. The highest BCUT2D eigenvalue weighted by Crippen LogP contribution is 2.25. The number of benzene rings is 1. The van der Waals surface area contributed by atoms with E-state index in [1.54, 1.807) is 24.3 Å². The van der Waals surface area contributed by atoms with Crippen LogP contribution in [-0.4, -0.2) is 11.9 Å². The first-order chi connectivity index (χ1) is 7.54.